The monoisotopic (exact) mass is 386 g/mol. The zero-order valence-corrected chi connectivity index (χ0v) is 16.3. The van der Waals surface area contributed by atoms with Gasteiger partial charge in [0.2, 0.25) is 5.91 Å². The van der Waals surface area contributed by atoms with E-state index in [1.54, 1.807) is 4.90 Å². The zero-order chi connectivity index (χ0) is 19.4. The number of rotatable bonds is 6. The van der Waals surface area contributed by atoms with Gasteiger partial charge in [-0.2, -0.15) is 0 Å². The average molecular weight is 387 g/mol. The molecule has 1 aliphatic rings. The molecule has 1 N–H and O–H groups in total. The second kappa shape index (κ2) is 8.44. The molecule has 0 saturated carbocycles. The molecular weight excluding hydrogens is 364 g/mol. The number of amides is 2. The van der Waals surface area contributed by atoms with Crippen LogP contribution in [-0.2, 0) is 22.4 Å². The maximum absolute atomic E-state index is 12.6. The van der Waals surface area contributed by atoms with Crippen molar-refractivity contribution in [3.63, 3.8) is 0 Å². The molecular formula is C21H23ClN2O3. The van der Waals surface area contributed by atoms with Crippen molar-refractivity contribution in [1.82, 2.24) is 0 Å². The van der Waals surface area contributed by atoms with Gasteiger partial charge >= 0.3 is 0 Å². The van der Waals surface area contributed by atoms with E-state index in [0.29, 0.717) is 23.0 Å². The molecule has 1 heterocycles. The second-order valence-corrected chi connectivity index (χ2v) is 6.77. The number of benzene rings is 2. The second-order valence-electron chi connectivity index (χ2n) is 6.37. The Kier molecular flexibility index (Phi) is 6.01. The summed E-state index contributed by atoms with van der Waals surface area (Å²) in [4.78, 5) is 26.4. The number of anilines is 2. The first-order valence-corrected chi connectivity index (χ1v) is 9.55. The van der Waals surface area contributed by atoms with Gasteiger partial charge in [-0.15, -0.1) is 0 Å². The van der Waals surface area contributed by atoms with Gasteiger partial charge in [0.15, 0.2) is 6.61 Å². The molecule has 1 aliphatic heterocycles. The molecule has 0 aromatic heterocycles. The fourth-order valence-corrected chi connectivity index (χ4v) is 3.57. The van der Waals surface area contributed by atoms with E-state index in [-0.39, 0.29) is 24.8 Å². The highest BCUT2D eigenvalue weighted by molar-refractivity contribution is 6.32. The predicted octanol–water partition coefficient (Wildman–Crippen LogP) is 4.22. The first kappa shape index (κ1) is 19.2. The van der Waals surface area contributed by atoms with Crippen LogP contribution in [-0.4, -0.2) is 25.0 Å². The molecule has 0 spiro atoms. The molecule has 0 bridgehead atoms. The van der Waals surface area contributed by atoms with E-state index < -0.39 is 0 Å². The molecule has 0 unspecified atom stereocenters. The van der Waals surface area contributed by atoms with Gasteiger partial charge in [0.05, 0.1) is 5.69 Å². The van der Waals surface area contributed by atoms with Crippen LogP contribution in [0.15, 0.2) is 36.4 Å². The van der Waals surface area contributed by atoms with Crippen molar-refractivity contribution in [3.8, 4) is 5.75 Å². The minimum Gasteiger partial charge on any atom is -0.482 e. The summed E-state index contributed by atoms with van der Waals surface area (Å²) in [5.74, 6) is 0.375. The third kappa shape index (κ3) is 4.08. The first-order chi connectivity index (χ1) is 13.0. The van der Waals surface area contributed by atoms with E-state index in [1.807, 2.05) is 50.2 Å². The Balaban J connectivity index is 1.73. The Hall–Kier alpha value is -2.53. The third-order valence-corrected chi connectivity index (χ3v) is 5.07. The van der Waals surface area contributed by atoms with Gasteiger partial charge in [-0.3, -0.25) is 9.59 Å². The van der Waals surface area contributed by atoms with E-state index in [4.69, 9.17) is 16.3 Å². The van der Waals surface area contributed by atoms with Crippen molar-refractivity contribution >= 4 is 34.8 Å². The quantitative estimate of drug-likeness (QED) is 0.808. The van der Waals surface area contributed by atoms with Gasteiger partial charge < -0.3 is 15.0 Å². The lowest BCUT2D eigenvalue weighted by Gasteiger charge is -2.29. The number of aryl methyl sites for hydroxylation is 1. The van der Waals surface area contributed by atoms with Crippen molar-refractivity contribution < 1.29 is 14.3 Å². The van der Waals surface area contributed by atoms with Crippen molar-refractivity contribution in [1.29, 1.82) is 0 Å². The minimum atomic E-state index is -0.146. The normalized spacial score (nSPS) is 13.1. The van der Waals surface area contributed by atoms with E-state index in [9.17, 15) is 9.59 Å². The number of carbonyl (C=O) groups excluding carboxylic acids is 2. The van der Waals surface area contributed by atoms with Crippen LogP contribution in [0.2, 0.25) is 5.02 Å². The summed E-state index contributed by atoms with van der Waals surface area (Å²) in [6.07, 6.45) is 1.73. The van der Waals surface area contributed by atoms with Gasteiger partial charge in [-0.25, -0.2) is 0 Å². The molecule has 27 heavy (non-hydrogen) atoms. The zero-order valence-electron chi connectivity index (χ0n) is 15.5. The standard InChI is InChI=1S/C21H23ClN2O3/c1-3-14-9-10-16(22)15(4-2)21(14)23-19(25)11-12-24-17-7-5-6-8-18(17)27-13-20(24)26/h5-10H,3-4,11-13H2,1-2H3,(H,23,25). The number of nitrogens with zero attached hydrogens (tertiary/aromatic N) is 1. The summed E-state index contributed by atoms with van der Waals surface area (Å²) in [5.41, 5.74) is 3.49. The number of carbonyl (C=O) groups is 2. The molecule has 3 rings (SSSR count). The predicted molar refractivity (Wildman–Crippen MR) is 108 cm³/mol. The molecule has 0 saturated heterocycles. The van der Waals surface area contributed by atoms with Crippen LogP contribution in [0.3, 0.4) is 0 Å². The molecule has 2 amide bonds. The van der Waals surface area contributed by atoms with Crippen LogP contribution in [0.5, 0.6) is 5.75 Å². The number of hydrogen-bond acceptors (Lipinski definition) is 3. The van der Waals surface area contributed by atoms with Gasteiger partial charge in [-0.05, 0) is 42.2 Å². The van der Waals surface area contributed by atoms with E-state index in [0.717, 1.165) is 29.7 Å². The van der Waals surface area contributed by atoms with Gasteiger partial charge in [0.1, 0.15) is 5.75 Å². The molecule has 2 aromatic carbocycles. The van der Waals surface area contributed by atoms with E-state index >= 15 is 0 Å². The molecule has 142 valence electrons. The van der Waals surface area contributed by atoms with Crippen LogP contribution in [0.4, 0.5) is 11.4 Å². The molecule has 5 nitrogen and oxygen atoms in total. The Morgan fingerprint density at radius 2 is 1.96 bits per heavy atom. The molecule has 6 heteroatoms. The largest absolute Gasteiger partial charge is 0.482 e. The number of ether oxygens (including phenoxy) is 1. The SMILES string of the molecule is CCc1ccc(Cl)c(CC)c1NC(=O)CCN1C(=O)COc2ccccc21. The number of nitrogens with one attached hydrogen (secondary N) is 1. The highest BCUT2D eigenvalue weighted by Gasteiger charge is 2.25. The van der Waals surface area contributed by atoms with Crippen molar-refractivity contribution in [2.75, 3.05) is 23.4 Å². The number of para-hydroxylation sites is 2. The lowest BCUT2D eigenvalue weighted by molar-refractivity contribution is -0.121. The van der Waals surface area contributed by atoms with Crippen LogP contribution in [0.1, 0.15) is 31.4 Å². The van der Waals surface area contributed by atoms with Crippen molar-refractivity contribution in [2.24, 2.45) is 0 Å². The summed E-state index contributed by atoms with van der Waals surface area (Å²) < 4.78 is 5.44. The highest BCUT2D eigenvalue weighted by Crippen LogP contribution is 2.32. The lowest BCUT2D eigenvalue weighted by atomic mass is 10.0. The van der Waals surface area contributed by atoms with Gasteiger partial charge in [0.25, 0.3) is 5.91 Å². The third-order valence-electron chi connectivity index (χ3n) is 4.71. The maximum Gasteiger partial charge on any atom is 0.265 e. The molecule has 0 radical (unpaired) electrons. The van der Waals surface area contributed by atoms with Gasteiger partial charge in [-0.1, -0.05) is 43.6 Å². The van der Waals surface area contributed by atoms with Crippen LogP contribution < -0.4 is 15.0 Å². The Morgan fingerprint density at radius 1 is 1.19 bits per heavy atom. The average Bonchev–Trinajstić information content (AvgIpc) is 2.67. The Morgan fingerprint density at radius 3 is 2.70 bits per heavy atom. The highest BCUT2D eigenvalue weighted by atomic mass is 35.5. The minimum absolute atomic E-state index is 0.00705. The summed E-state index contributed by atoms with van der Waals surface area (Å²) in [5, 5.41) is 3.66. The Labute approximate surface area is 164 Å². The maximum atomic E-state index is 12.6. The number of fused-ring (bicyclic) bond motifs is 1. The van der Waals surface area contributed by atoms with Crippen LogP contribution in [0, 0.1) is 0 Å². The topological polar surface area (TPSA) is 58.6 Å². The number of hydrogen-bond donors (Lipinski definition) is 1. The first-order valence-electron chi connectivity index (χ1n) is 9.17. The van der Waals surface area contributed by atoms with Crippen LogP contribution in [0.25, 0.3) is 0 Å². The summed E-state index contributed by atoms with van der Waals surface area (Å²) in [7, 11) is 0. The summed E-state index contributed by atoms with van der Waals surface area (Å²) in [6.45, 7) is 4.35. The van der Waals surface area contributed by atoms with Crippen molar-refractivity contribution in [2.45, 2.75) is 33.1 Å². The van der Waals surface area contributed by atoms with Crippen molar-refractivity contribution in [3.05, 3.63) is 52.5 Å². The molecule has 0 fully saturated rings. The number of halogens is 1. The molecule has 0 atom stereocenters. The Bertz CT molecular complexity index is 867. The molecule has 0 aliphatic carbocycles. The van der Waals surface area contributed by atoms with E-state index in [2.05, 4.69) is 5.32 Å². The smallest absolute Gasteiger partial charge is 0.265 e. The van der Waals surface area contributed by atoms with E-state index in [1.165, 1.54) is 0 Å². The van der Waals surface area contributed by atoms with Gasteiger partial charge in [0, 0.05) is 23.7 Å². The fraction of sp³-hybridized carbons (Fsp3) is 0.333. The van der Waals surface area contributed by atoms with Crippen LogP contribution >= 0.6 is 11.6 Å². The lowest BCUT2D eigenvalue weighted by Crippen LogP contribution is -2.40. The molecule has 2 aromatic rings. The fourth-order valence-electron chi connectivity index (χ4n) is 3.28. The summed E-state index contributed by atoms with van der Waals surface area (Å²) in [6, 6.07) is 11.2. The summed E-state index contributed by atoms with van der Waals surface area (Å²) >= 11 is 6.30.